The summed E-state index contributed by atoms with van der Waals surface area (Å²) in [6, 6.07) is 29.8. The molecule has 4 aromatic carbocycles. The first-order chi connectivity index (χ1) is 19.5. The van der Waals surface area contributed by atoms with E-state index in [0.29, 0.717) is 11.3 Å². The fourth-order valence-corrected chi connectivity index (χ4v) is 3.97. The van der Waals surface area contributed by atoms with Gasteiger partial charge in [0.1, 0.15) is 11.8 Å². The second kappa shape index (κ2) is 13.4. The van der Waals surface area contributed by atoms with Crippen LogP contribution in [0.15, 0.2) is 109 Å². The number of amides is 4. The summed E-state index contributed by atoms with van der Waals surface area (Å²) in [5.74, 6) is -1.82. The third kappa shape index (κ3) is 7.11. The Morgan fingerprint density at radius 2 is 1.25 bits per heavy atom. The lowest BCUT2D eigenvalue weighted by molar-refractivity contribution is -0.123. The Balaban J connectivity index is 1.50. The van der Waals surface area contributed by atoms with Crippen molar-refractivity contribution in [2.45, 2.75) is 12.5 Å². The number of methoxy groups -OCH3 is 1. The SMILES string of the molecule is COc1ccccc1C(=O)NNC(=O)[C@@H](Cc1ccccc1)NC(=O)c1ccccc1NC(=O)c1ccccc1. The van der Waals surface area contributed by atoms with Crippen molar-refractivity contribution in [3.63, 3.8) is 0 Å². The summed E-state index contributed by atoms with van der Waals surface area (Å²) in [7, 11) is 1.44. The first-order valence-electron chi connectivity index (χ1n) is 12.5. The van der Waals surface area contributed by atoms with Crippen LogP contribution in [0.2, 0.25) is 0 Å². The number of ether oxygens (including phenoxy) is 1. The highest BCUT2D eigenvalue weighted by molar-refractivity contribution is 6.09. The smallest absolute Gasteiger partial charge is 0.273 e. The van der Waals surface area contributed by atoms with Crippen LogP contribution in [-0.2, 0) is 11.2 Å². The third-order valence-electron chi connectivity index (χ3n) is 6.01. The van der Waals surface area contributed by atoms with Gasteiger partial charge in [-0.1, -0.05) is 72.8 Å². The molecule has 0 aromatic heterocycles. The van der Waals surface area contributed by atoms with Crippen LogP contribution in [0, 0.1) is 0 Å². The van der Waals surface area contributed by atoms with E-state index in [2.05, 4.69) is 21.5 Å². The monoisotopic (exact) mass is 536 g/mol. The van der Waals surface area contributed by atoms with E-state index in [4.69, 9.17) is 4.74 Å². The zero-order chi connectivity index (χ0) is 28.3. The second-order valence-electron chi connectivity index (χ2n) is 8.73. The Bertz CT molecular complexity index is 1490. The van der Waals surface area contributed by atoms with E-state index in [-0.39, 0.29) is 29.1 Å². The maximum absolute atomic E-state index is 13.4. The largest absolute Gasteiger partial charge is 0.496 e. The normalized spacial score (nSPS) is 11.0. The van der Waals surface area contributed by atoms with Crippen molar-refractivity contribution in [2.24, 2.45) is 0 Å². The molecule has 0 bridgehead atoms. The Labute approximate surface area is 231 Å². The Morgan fingerprint density at radius 1 is 0.650 bits per heavy atom. The molecule has 4 rings (SSSR count). The Hall–Kier alpha value is -5.44. The predicted octanol–water partition coefficient (Wildman–Crippen LogP) is 3.75. The lowest BCUT2D eigenvalue weighted by atomic mass is 10.0. The lowest BCUT2D eigenvalue weighted by Gasteiger charge is -2.20. The molecular formula is C31H28N4O5. The number of benzene rings is 4. The van der Waals surface area contributed by atoms with E-state index in [1.165, 1.54) is 7.11 Å². The van der Waals surface area contributed by atoms with Gasteiger partial charge in [-0.05, 0) is 42.0 Å². The van der Waals surface area contributed by atoms with Gasteiger partial charge >= 0.3 is 0 Å². The van der Waals surface area contributed by atoms with Crippen LogP contribution in [0.1, 0.15) is 36.6 Å². The summed E-state index contributed by atoms with van der Waals surface area (Å²) < 4.78 is 5.21. The number of para-hydroxylation sites is 2. The molecule has 0 aliphatic heterocycles. The highest BCUT2D eigenvalue weighted by Gasteiger charge is 2.24. The maximum Gasteiger partial charge on any atom is 0.273 e. The number of carbonyl (C=O) groups is 4. The molecule has 0 spiro atoms. The molecule has 9 heteroatoms. The minimum atomic E-state index is -1.05. The predicted molar refractivity (Wildman–Crippen MR) is 151 cm³/mol. The van der Waals surface area contributed by atoms with Crippen molar-refractivity contribution in [1.82, 2.24) is 16.2 Å². The molecule has 0 fully saturated rings. The first-order valence-corrected chi connectivity index (χ1v) is 12.5. The molecule has 0 saturated heterocycles. The molecule has 4 N–H and O–H groups in total. The van der Waals surface area contributed by atoms with Crippen molar-refractivity contribution in [2.75, 3.05) is 12.4 Å². The van der Waals surface area contributed by atoms with Crippen LogP contribution in [0.5, 0.6) is 5.75 Å². The van der Waals surface area contributed by atoms with Crippen LogP contribution in [-0.4, -0.2) is 36.8 Å². The third-order valence-corrected chi connectivity index (χ3v) is 6.01. The number of carbonyl (C=O) groups excluding carboxylic acids is 4. The van der Waals surface area contributed by atoms with E-state index in [0.717, 1.165) is 5.56 Å². The van der Waals surface area contributed by atoms with Crippen molar-refractivity contribution < 1.29 is 23.9 Å². The summed E-state index contributed by atoms with van der Waals surface area (Å²) in [6.45, 7) is 0. The molecular weight excluding hydrogens is 508 g/mol. The van der Waals surface area contributed by atoms with Gasteiger partial charge in [-0.25, -0.2) is 0 Å². The van der Waals surface area contributed by atoms with Gasteiger partial charge < -0.3 is 15.4 Å². The summed E-state index contributed by atoms with van der Waals surface area (Å²) in [5.41, 5.74) is 6.71. The molecule has 9 nitrogen and oxygen atoms in total. The fraction of sp³-hybridized carbons (Fsp3) is 0.0968. The van der Waals surface area contributed by atoms with Crippen LogP contribution in [0.3, 0.4) is 0 Å². The molecule has 40 heavy (non-hydrogen) atoms. The van der Waals surface area contributed by atoms with E-state index < -0.39 is 23.8 Å². The van der Waals surface area contributed by atoms with Crippen molar-refractivity contribution >= 4 is 29.3 Å². The zero-order valence-corrected chi connectivity index (χ0v) is 21.7. The fourth-order valence-electron chi connectivity index (χ4n) is 3.97. The Morgan fingerprint density at radius 3 is 1.95 bits per heavy atom. The second-order valence-corrected chi connectivity index (χ2v) is 8.73. The molecule has 202 valence electrons. The summed E-state index contributed by atoms with van der Waals surface area (Å²) in [5, 5.41) is 5.50. The van der Waals surface area contributed by atoms with Gasteiger partial charge in [0.25, 0.3) is 23.6 Å². The van der Waals surface area contributed by atoms with Crippen molar-refractivity contribution in [3.8, 4) is 5.75 Å². The average Bonchev–Trinajstić information content (AvgIpc) is 3.00. The van der Waals surface area contributed by atoms with Gasteiger partial charge in [0.05, 0.1) is 23.9 Å². The summed E-state index contributed by atoms with van der Waals surface area (Å²) in [6.07, 6.45) is 0.154. The van der Waals surface area contributed by atoms with Gasteiger partial charge in [0.2, 0.25) is 0 Å². The molecule has 4 amide bonds. The number of hydrogen-bond acceptors (Lipinski definition) is 5. The topological polar surface area (TPSA) is 126 Å². The highest BCUT2D eigenvalue weighted by Crippen LogP contribution is 2.18. The highest BCUT2D eigenvalue weighted by atomic mass is 16.5. The number of rotatable bonds is 9. The van der Waals surface area contributed by atoms with E-state index in [1.54, 1.807) is 78.9 Å². The minimum Gasteiger partial charge on any atom is -0.496 e. The van der Waals surface area contributed by atoms with Gasteiger partial charge in [0, 0.05) is 12.0 Å². The molecule has 0 saturated carbocycles. The number of anilines is 1. The number of hydrazine groups is 1. The van der Waals surface area contributed by atoms with Crippen LogP contribution >= 0.6 is 0 Å². The van der Waals surface area contributed by atoms with Gasteiger partial charge in [-0.15, -0.1) is 0 Å². The van der Waals surface area contributed by atoms with Gasteiger partial charge in [-0.2, -0.15) is 0 Å². The zero-order valence-electron chi connectivity index (χ0n) is 21.7. The van der Waals surface area contributed by atoms with Crippen molar-refractivity contribution in [3.05, 3.63) is 131 Å². The van der Waals surface area contributed by atoms with E-state index >= 15 is 0 Å². The summed E-state index contributed by atoms with van der Waals surface area (Å²) >= 11 is 0. The van der Waals surface area contributed by atoms with Crippen molar-refractivity contribution in [1.29, 1.82) is 0 Å². The van der Waals surface area contributed by atoms with E-state index in [9.17, 15) is 19.2 Å². The molecule has 4 aromatic rings. The average molecular weight is 537 g/mol. The van der Waals surface area contributed by atoms with Crippen LogP contribution in [0.25, 0.3) is 0 Å². The Kier molecular flexibility index (Phi) is 9.23. The molecule has 0 aliphatic carbocycles. The quantitative estimate of drug-likeness (QED) is 0.243. The summed E-state index contributed by atoms with van der Waals surface area (Å²) in [4.78, 5) is 52.0. The lowest BCUT2D eigenvalue weighted by Crippen LogP contribution is -2.53. The standard InChI is InChI=1S/C31H28N4O5/c1-40-27-19-11-9-17-24(27)30(38)34-35-31(39)26(20-21-12-4-2-5-13-21)33-29(37)23-16-8-10-18-25(23)32-28(36)22-14-6-3-7-15-22/h2-19,26H,20H2,1H3,(H,32,36)(H,33,37)(H,34,38)(H,35,39)/t26-/m1/s1. The van der Waals surface area contributed by atoms with Crippen LogP contribution in [0.4, 0.5) is 5.69 Å². The molecule has 1 atom stereocenters. The van der Waals surface area contributed by atoms with Crippen LogP contribution < -0.4 is 26.2 Å². The number of hydrogen-bond donors (Lipinski definition) is 4. The molecule has 0 unspecified atom stereocenters. The van der Waals surface area contributed by atoms with Gasteiger partial charge in [-0.3, -0.25) is 30.0 Å². The van der Waals surface area contributed by atoms with E-state index in [1.807, 2.05) is 30.3 Å². The maximum atomic E-state index is 13.4. The van der Waals surface area contributed by atoms with Gasteiger partial charge in [0.15, 0.2) is 0 Å². The minimum absolute atomic E-state index is 0.154. The molecule has 0 heterocycles. The molecule has 0 radical (unpaired) electrons. The molecule has 0 aliphatic rings. The first kappa shape index (κ1) is 27.6. The number of nitrogens with one attached hydrogen (secondary N) is 4.